The minimum absolute atomic E-state index is 0. The molecule has 0 spiro atoms. The van der Waals surface area contributed by atoms with Gasteiger partial charge in [0, 0.05) is 49.4 Å². The zero-order chi connectivity index (χ0) is 39.8. The second kappa shape index (κ2) is 22.5. The van der Waals surface area contributed by atoms with Crippen LogP contribution in [0.2, 0.25) is 0 Å². The third kappa shape index (κ3) is 12.4. The summed E-state index contributed by atoms with van der Waals surface area (Å²) >= 11 is 0. The van der Waals surface area contributed by atoms with E-state index < -0.39 is 39.7 Å². The first-order chi connectivity index (χ1) is 26.9. The standard InChI is InChI=1S/C42H47N5O8S.2K.2H/c1-2-47(34-18-14-31(15-19-34)42(52)53)56(54,55)36-24-32(26-43-27-36)39(48)45-38-21-20-35(46-22-4-3-5-23-46)25-37(38)40(49)44-33-16-10-29(11-17-33)7-6-28-8-12-30(13-9-28)41(50)51;;;;/h8-13,16-17,20-21,24-27,31,34H,2-7,14-15,18-19,22-23H2,1H3,(H,44,49)(H,45,48)(H,50,51)(H,52,53);;;;/q;2*+1;2*-1. The Balaban J connectivity index is 0.00000310. The molecular formula is C42H49K2N5O8S. The molecule has 0 radical (unpaired) electrons. The van der Waals surface area contributed by atoms with Crippen LogP contribution in [0.4, 0.5) is 17.1 Å². The van der Waals surface area contributed by atoms with Crippen molar-refractivity contribution >= 4 is 50.8 Å². The Morgan fingerprint density at radius 2 is 1.40 bits per heavy atom. The minimum Gasteiger partial charge on any atom is -1.00 e. The van der Waals surface area contributed by atoms with Crippen molar-refractivity contribution in [1.29, 1.82) is 0 Å². The summed E-state index contributed by atoms with van der Waals surface area (Å²) in [6, 6.07) is 20.5. The van der Waals surface area contributed by atoms with Crippen LogP contribution >= 0.6 is 0 Å². The van der Waals surface area contributed by atoms with Crippen molar-refractivity contribution in [3.8, 4) is 0 Å². The molecule has 4 aromatic rings. The molecule has 0 bridgehead atoms. The maximum atomic E-state index is 13.9. The molecule has 4 N–H and O–H groups in total. The molecule has 1 aromatic heterocycles. The van der Waals surface area contributed by atoms with Gasteiger partial charge in [-0.15, -0.1) is 0 Å². The van der Waals surface area contributed by atoms with E-state index in [0.29, 0.717) is 37.8 Å². The summed E-state index contributed by atoms with van der Waals surface area (Å²) in [6.07, 6.45) is 8.73. The Hall–Kier alpha value is -2.33. The second-order valence-corrected chi connectivity index (χ2v) is 16.2. The van der Waals surface area contributed by atoms with Crippen LogP contribution in [0, 0.1) is 5.92 Å². The number of aromatic nitrogens is 1. The van der Waals surface area contributed by atoms with E-state index in [1.807, 2.05) is 30.3 Å². The van der Waals surface area contributed by atoms with Crippen LogP contribution < -0.4 is 118 Å². The van der Waals surface area contributed by atoms with Crippen molar-refractivity contribution in [2.75, 3.05) is 35.2 Å². The molecule has 13 nitrogen and oxygen atoms in total. The molecular weight excluding hydrogens is 813 g/mol. The number of amides is 2. The number of carboxylic acids is 2. The number of pyridine rings is 1. The summed E-state index contributed by atoms with van der Waals surface area (Å²) in [4.78, 5) is 56.4. The first-order valence-corrected chi connectivity index (χ1v) is 20.5. The van der Waals surface area contributed by atoms with Gasteiger partial charge in [0.2, 0.25) is 10.0 Å². The van der Waals surface area contributed by atoms with Crippen molar-refractivity contribution in [2.45, 2.75) is 75.6 Å². The number of aliphatic carboxylic acids is 1. The number of nitrogens with zero attached hydrogens (tertiary/aromatic N) is 3. The number of piperidine rings is 1. The van der Waals surface area contributed by atoms with Gasteiger partial charge in [-0.05, 0) is 117 Å². The van der Waals surface area contributed by atoms with Crippen molar-refractivity contribution in [1.82, 2.24) is 9.29 Å². The van der Waals surface area contributed by atoms with E-state index in [0.717, 1.165) is 55.6 Å². The summed E-state index contributed by atoms with van der Waals surface area (Å²) in [5.74, 6) is -3.40. The number of carbonyl (C=O) groups is 4. The summed E-state index contributed by atoms with van der Waals surface area (Å²) in [7, 11) is -4.06. The van der Waals surface area contributed by atoms with Crippen LogP contribution in [0.5, 0.6) is 0 Å². The predicted molar refractivity (Wildman–Crippen MR) is 215 cm³/mol. The van der Waals surface area contributed by atoms with E-state index in [2.05, 4.69) is 20.5 Å². The number of aryl methyl sites for hydroxylation is 2. The zero-order valence-electron chi connectivity index (χ0n) is 35.3. The molecule has 1 aliphatic carbocycles. The first-order valence-electron chi connectivity index (χ1n) is 19.1. The van der Waals surface area contributed by atoms with Crippen LogP contribution in [-0.2, 0) is 27.7 Å². The summed E-state index contributed by atoms with van der Waals surface area (Å²) in [6.45, 7) is 3.60. The van der Waals surface area contributed by atoms with Gasteiger partial charge < -0.3 is 28.6 Å². The molecule has 2 aliphatic rings. The summed E-state index contributed by atoms with van der Waals surface area (Å²) in [5.41, 5.74) is 4.19. The summed E-state index contributed by atoms with van der Waals surface area (Å²) in [5, 5.41) is 24.3. The zero-order valence-corrected chi connectivity index (χ0v) is 40.4. The molecule has 0 unspecified atom stereocenters. The quantitative estimate of drug-likeness (QED) is 0.133. The Morgan fingerprint density at radius 1 is 0.776 bits per heavy atom. The molecule has 58 heavy (non-hydrogen) atoms. The van der Waals surface area contributed by atoms with Gasteiger partial charge in [-0.3, -0.25) is 19.4 Å². The molecule has 2 heterocycles. The summed E-state index contributed by atoms with van der Waals surface area (Å²) < 4.78 is 29.0. The number of sulfonamides is 1. The maximum Gasteiger partial charge on any atom is 1.00 e. The average molecular weight is 862 g/mol. The second-order valence-electron chi connectivity index (χ2n) is 14.3. The van der Waals surface area contributed by atoms with Gasteiger partial charge in [-0.25, -0.2) is 13.2 Å². The van der Waals surface area contributed by atoms with E-state index in [4.69, 9.17) is 5.11 Å². The third-order valence-corrected chi connectivity index (χ3v) is 12.7. The number of rotatable bonds is 14. The number of carbonyl (C=O) groups excluding carboxylic acids is 2. The SMILES string of the molecule is CCN(C1CCC(C(=O)O)CC1)S(=O)(=O)c1cncc(C(=O)Nc2ccc(N3CCCCC3)cc2C(=O)Nc2ccc(CCc3ccc(C(=O)O)cc3)cc2)c1.[H-].[H-].[K+].[K+]. The maximum absolute atomic E-state index is 13.9. The van der Waals surface area contributed by atoms with Crippen molar-refractivity contribution in [3.63, 3.8) is 0 Å². The normalized spacial score (nSPS) is 16.7. The van der Waals surface area contributed by atoms with Crippen LogP contribution in [0.15, 0.2) is 90.1 Å². The number of hydrogen-bond acceptors (Lipinski definition) is 8. The number of hydrogen-bond donors (Lipinski definition) is 4. The molecule has 1 saturated heterocycles. The van der Waals surface area contributed by atoms with Crippen LogP contribution in [0.3, 0.4) is 0 Å². The van der Waals surface area contributed by atoms with Crippen molar-refractivity contribution in [2.24, 2.45) is 5.92 Å². The monoisotopic (exact) mass is 861 g/mol. The number of benzene rings is 3. The molecule has 0 atom stereocenters. The Bertz CT molecular complexity index is 2190. The Morgan fingerprint density at radius 3 is 1.98 bits per heavy atom. The third-order valence-electron chi connectivity index (χ3n) is 10.7. The average Bonchev–Trinajstić information content (AvgIpc) is 3.21. The van der Waals surface area contributed by atoms with Gasteiger partial charge in [-0.1, -0.05) is 31.2 Å². The van der Waals surface area contributed by atoms with Crippen LogP contribution in [-0.4, -0.2) is 77.3 Å². The predicted octanol–water partition coefficient (Wildman–Crippen LogP) is 0.947. The molecule has 1 aliphatic heterocycles. The minimum atomic E-state index is -4.06. The topological polar surface area (TPSA) is 186 Å². The molecule has 1 saturated carbocycles. The fraction of sp³-hybridized carbons (Fsp3) is 0.357. The number of carboxylic acid groups (broad SMARTS) is 2. The molecule has 2 amide bonds. The molecule has 6 rings (SSSR count). The van der Waals surface area contributed by atoms with Crippen LogP contribution in [0.1, 0.15) is 96.9 Å². The van der Waals surface area contributed by atoms with Crippen LogP contribution in [0.25, 0.3) is 0 Å². The molecule has 298 valence electrons. The van der Waals surface area contributed by atoms with E-state index in [1.54, 1.807) is 43.3 Å². The van der Waals surface area contributed by atoms with Gasteiger partial charge in [0.05, 0.1) is 28.3 Å². The molecule has 2 fully saturated rings. The smallest absolute Gasteiger partial charge is 1.00 e. The van der Waals surface area contributed by atoms with Gasteiger partial charge in [0.15, 0.2) is 0 Å². The molecule has 3 aromatic carbocycles. The molecule has 16 heteroatoms. The number of nitrogens with one attached hydrogen (secondary N) is 2. The van der Waals surface area contributed by atoms with Gasteiger partial charge in [0.25, 0.3) is 11.8 Å². The van der Waals surface area contributed by atoms with Gasteiger partial charge >= 0.3 is 115 Å². The number of aromatic carboxylic acids is 1. The Labute approximate surface area is 427 Å². The van der Waals surface area contributed by atoms with E-state index in [9.17, 15) is 32.7 Å². The number of anilines is 3. The van der Waals surface area contributed by atoms with E-state index >= 15 is 0 Å². The van der Waals surface area contributed by atoms with Crippen molar-refractivity contribution < 1.29 is 143 Å². The first kappa shape index (κ1) is 48.3. The largest absolute Gasteiger partial charge is 1.00 e. The Kier molecular flexibility index (Phi) is 18.7. The van der Waals surface area contributed by atoms with Gasteiger partial charge in [-0.2, -0.15) is 4.31 Å². The van der Waals surface area contributed by atoms with E-state index in [1.165, 1.54) is 22.8 Å². The fourth-order valence-corrected chi connectivity index (χ4v) is 9.17. The van der Waals surface area contributed by atoms with Crippen molar-refractivity contribution in [3.05, 3.63) is 113 Å². The fourth-order valence-electron chi connectivity index (χ4n) is 7.48. The van der Waals surface area contributed by atoms with E-state index in [-0.39, 0.29) is 145 Å². The van der Waals surface area contributed by atoms with Gasteiger partial charge in [0.1, 0.15) is 4.90 Å².